The zero-order valence-corrected chi connectivity index (χ0v) is 10.9. The van der Waals surface area contributed by atoms with E-state index >= 15 is 0 Å². The average Bonchev–Trinajstić information content (AvgIpc) is 2.23. The molecule has 16 heavy (non-hydrogen) atoms. The molecular weight excluding hydrogens is 206 g/mol. The van der Waals surface area contributed by atoms with Gasteiger partial charge in [-0.3, -0.25) is 4.79 Å². The second-order valence-corrected chi connectivity index (χ2v) is 4.85. The maximum atomic E-state index is 11.3. The fourth-order valence-electron chi connectivity index (χ4n) is 1.43. The van der Waals surface area contributed by atoms with E-state index in [1.54, 1.807) is 13.8 Å². The summed E-state index contributed by atoms with van der Waals surface area (Å²) >= 11 is 0. The minimum Gasteiger partial charge on any atom is -0.465 e. The van der Waals surface area contributed by atoms with Gasteiger partial charge in [0, 0.05) is 13.2 Å². The molecule has 0 amide bonds. The molecule has 0 fully saturated rings. The highest BCUT2D eigenvalue weighted by atomic mass is 16.5. The zero-order chi connectivity index (χ0) is 12.6. The summed E-state index contributed by atoms with van der Waals surface area (Å²) in [5, 5.41) is 11.9. The number of carbonyl (C=O) groups is 1. The first kappa shape index (κ1) is 15.4. The number of hydrogen-bond donors (Lipinski definition) is 2. The molecule has 4 nitrogen and oxygen atoms in total. The number of aliphatic hydroxyl groups is 1. The molecule has 0 saturated heterocycles. The molecule has 0 aromatic heterocycles. The number of hydrogen-bond acceptors (Lipinski definition) is 4. The standard InChI is InChI=1S/C12H25NO3/c1-5-16-11(15)10(2)13-9-12(3,4)7-6-8-14/h10,13-14H,5-9H2,1-4H3. The minimum absolute atomic E-state index is 0.0868. The molecule has 1 atom stereocenters. The predicted octanol–water partition coefficient (Wildman–Crippen LogP) is 1.33. The lowest BCUT2D eigenvalue weighted by molar-refractivity contribution is -0.145. The highest BCUT2D eigenvalue weighted by Crippen LogP contribution is 2.20. The van der Waals surface area contributed by atoms with Crippen LogP contribution < -0.4 is 5.32 Å². The Morgan fingerprint density at radius 3 is 2.62 bits per heavy atom. The summed E-state index contributed by atoms with van der Waals surface area (Å²) in [6, 6.07) is -0.270. The SMILES string of the molecule is CCOC(=O)C(C)NCC(C)(C)CCCO. The van der Waals surface area contributed by atoms with Crippen LogP contribution in [0.15, 0.2) is 0 Å². The maximum Gasteiger partial charge on any atom is 0.322 e. The first-order chi connectivity index (χ1) is 7.43. The maximum absolute atomic E-state index is 11.3. The Morgan fingerprint density at radius 1 is 1.50 bits per heavy atom. The summed E-state index contributed by atoms with van der Waals surface area (Å²) in [7, 11) is 0. The molecule has 96 valence electrons. The van der Waals surface area contributed by atoms with Gasteiger partial charge in [-0.1, -0.05) is 13.8 Å². The Balaban J connectivity index is 3.88. The summed E-state index contributed by atoms with van der Waals surface area (Å²) in [5.74, 6) is -0.208. The van der Waals surface area contributed by atoms with Crippen molar-refractivity contribution in [3.05, 3.63) is 0 Å². The summed E-state index contributed by atoms with van der Waals surface area (Å²) < 4.78 is 4.91. The van der Waals surface area contributed by atoms with E-state index in [1.165, 1.54) is 0 Å². The van der Waals surface area contributed by atoms with Crippen molar-refractivity contribution in [2.45, 2.75) is 46.6 Å². The van der Waals surface area contributed by atoms with Crippen LogP contribution in [0, 0.1) is 5.41 Å². The molecule has 0 aliphatic heterocycles. The molecule has 2 N–H and O–H groups in total. The van der Waals surface area contributed by atoms with Crippen LogP contribution in [-0.4, -0.2) is 36.9 Å². The quantitative estimate of drug-likeness (QED) is 0.619. The molecule has 1 unspecified atom stereocenters. The van der Waals surface area contributed by atoms with E-state index in [2.05, 4.69) is 19.2 Å². The van der Waals surface area contributed by atoms with E-state index in [1.807, 2.05) is 0 Å². The van der Waals surface area contributed by atoms with Crippen LogP contribution in [-0.2, 0) is 9.53 Å². The van der Waals surface area contributed by atoms with E-state index in [0.29, 0.717) is 6.61 Å². The van der Waals surface area contributed by atoms with Gasteiger partial charge in [-0.15, -0.1) is 0 Å². The summed E-state index contributed by atoms with van der Waals surface area (Å²) in [6.45, 7) is 9.22. The molecule has 0 aliphatic carbocycles. The van der Waals surface area contributed by atoms with E-state index in [0.717, 1.165) is 19.4 Å². The van der Waals surface area contributed by atoms with E-state index in [-0.39, 0.29) is 24.0 Å². The Morgan fingerprint density at radius 2 is 2.12 bits per heavy atom. The molecule has 0 bridgehead atoms. The summed E-state index contributed by atoms with van der Waals surface area (Å²) in [4.78, 5) is 11.3. The van der Waals surface area contributed by atoms with Crippen LogP contribution in [0.3, 0.4) is 0 Å². The van der Waals surface area contributed by atoms with Crippen molar-refractivity contribution in [1.29, 1.82) is 0 Å². The zero-order valence-electron chi connectivity index (χ0n) is 10.9. The number of esters is 1. The normalized spacial score (nSPS) is 13.6. The first-order valence-corrected chi connectivity index (χ1v) is 5.94. The lowest BCUT2D eigenvalue weighted by Gasteiger charge is -2.26. The average molecular weight is 231 g/mol. The molecule has 0 heterocycles. The largest absolute Gasteiger partial charge is 0.465 e. The molecule has 0 aromatic rings. The van der Waals surface area contributed by atoms with Gasteiger partial charge in [-0.05, 0) is 32.1 Å². The van der Waals surface area contributed by atoms with Crippen molar-refractivity contribution in [3.63, 3.8) is 0 Å². The molecule has 4 heteroatoms. The number of carbonyl (C=O) groups excluding carboxylic acids is 1. The van der Waals surface area contributed by atoms with Crippen molar-refractivity contribution in [1.82, 2.24) is 5.32 Å². The van der Waals surface area contributed by atoms with Crippen molar-refractivity contribution >= 4 is 5.97 Å². The van der Waals surface area contributed by atoms with Gasteiger partial charge in [0.25, 0.3) is 0 Å². The molecule has 0 aliphatic rings. The summed E-state index contributed by atoms with van der Waals surface area (Å²) in [6.07, 6.45) is 1.73. The topological polar surface area (TPSA) is 58.6 Å². The fourth-order valence-corrected chi connectivity index (χ4v) is 1.43. The Labute approximate surface area is 98.4 Å². The van der Waals surface area contributed by atoms with E-state index in [9.17, 15) is 4.79 Å². The van der Waals surface area contributed by atoms with Crippen molar-refractivity contribution in [2.24, 2.45) is 5.41 Å². The van der Waals surface area contributed by atoms with Crippen molar-refractivity contribution < 1.29 is 14.6 Å². The number of aliphatic hydroxyl groups excluding tert-OH is 1. The first-order valence-electron chi connectivity index (χ1n) is 5.94. The van der Waals surface area contributed by atoms with Gasteiger partial charge >= 0.3 is 5.97 Å². The van der Waals surface area contributed by atoms with Gasteiger partial charge < -0.3 is 15.2 Å². The third kappa shape index (κ3) is 6.80. The van der Waals surface area contributed by atoms with Crippen LogP contribution in [0.4, 0.5) is 0 Å². The van der Waals surface area contributed by atoms with E-state index in [4.69, 9.17) is 9.84 Å². The lowest BCUT2D eigenvalue weighted by Crippen LogP contribution is -2.40. The monoisotopic (exact) mass is 231 g/mol. The Hall–Kier alpha value is -0.610. The molecule has 0 radical (unpaired) electrons. The van der Waals surface area contributed by atoms with Crippen LogP contribution in [0.25, 0.3) is 0 Å². The lowest BCUT2D eigenvalue weighted by atomic mass is 9.87. The molecule has 0 spiro atoms. The van der Waals surface area contributed by atoms with Crippen molar-refractivity contribution in [2.75, 3.05) is 19.8 Å². The van der Waals surface area contributed by atoms with Gasteiger partial charge in [-0.2, -0.15) is 0 Å². The fraction of sp³-hybridized carbons (Fsp3) is 0.917. The Kier molecular flexibility index (Phi) is 7.34. The smallest absolute Gasteiger partial charge is 0.322 e. The molecule has 0 aromatic carbocycles. The molecule has 0 saturated carbocycles. The van der Waals surface area contributed by atoms with Gasteiger partial charge in [0.15, 0.2) is 0 Å². The van der Waals surface area contributed by atoms with E-state index < -0.39 is 0 Å². The third-order valence-electron chi connectivity index (χ3n) is 2.54. The Bertz CT molecular complexity index is 204. The highest BCUT2D eigenvalue weighted by Gasteiger charge is 2.20. The third-order valence-corrected chi connectivity index (χ3v) is 2.54. The molecule has 0 rings (SSSR count). The van der Waals surface area contributed by atoms with Gasteiger partial charge in [0.2, 0.25) is 0 Å². The number of rotatable bonds is 8. The van der Waals surface area contributed by atoms with Gasteiger partial charge in [-0.25, -0.2) is 0 Å². The highest BCUT2D eigenvalue weighted by molar-refractivity contribution is 5.75. The minimum atomic E-state index is -0.270. The van der Waals surface area contributed by atoms with Crippen LogP contribution in [0.5, 0.6) is 0 Å². The second-order valence-electron chi connectivity index (χ2n) is 4.85. The summed E-state index contributed by atoms with van der Waals surface area (Å²) in [5.41, 5.74) is 0.0868. The predicted molar refractivity (Wildman–Crippen MR) is 64.2 cm³/mol. The van der Waals surface area contributed by atoms with Crippen LogP contribution in [0.2, 0.25) is 0 Å². The number of nitrogens with one attached hydrogen (secondary N) is 1. The van der Waals surface area contributed by atoms with Gasteiger partial charge in [0.1, 0.15) is 6.04 Å². The van der Waals surface area contributed by atoms with Crippen LogP contribution >= 0.6 is 0 Å². The second kappa shape index (κ2) is 7.63. The van der Waals surface area contributed by atoms with Crippen molar-refractivity contribution in [3.8, 4) is 0 Å². The molecular formula is C12H25NO3. The number of ether oxygens (including phenoxy) is 1. The van der Waals surface area contributed by atoms with Gasteiger partial charge in [0.05, 0.1) is 6.61 Å². The van der Waals surface area contributed by atoms with Crippen LogP contribution in [0.1, 0.15) is 40.5 Å².